The molecule has 0 saturated carbocycles. The summed E-state index contributed by atoms with van der Waals surface area (Å²) < 4.78 is 0. The maximum absolute atomic E-state index is 5.87. The van der Waals surface area contributed by atoms with E-state index in [0.29, 0.717) is 6.04 Å². The van der Waals surface area contributed by atoms with Gasteiger partial charge in [0.2, 0.25) is 0 Å². The van der Waals surface area contributed by atoms with E-state index < -0.39 is 0 Å². The first-order valence-corrected chi connectivity index (χ1v) is 8.39. The molecule has 1 aliphatic heterocycles. The van der Waals surface area contributed by atoms with E-state index >= 15 is 0 Å². The lowest BCUT2D eigenvalue weighted by Gasteiger charge is -2.46. The summed E-state index contributed by atoms with van der Waals surface area (Å²) in [4.78, 5) is 2.61. The molecule has 1 aliphatic rings. The first kappa shape index (κ1) is 16.5. The molecule has 3 heteroatoms. The Bertz CT molecular complexity index is 396. The molecular formula is C18H31N3. The number of hydrazine groups is 1. The molecule has 1 unspecified atom stereocenters. The normalized spacial score (nSPS) is 18.6. The number of nitrogens with one attached hydrogen (secondary N) is 1. The van der Waals surface area contributed by atoms with Gasteiger partial charge in [-0.3, -0.25) is 16.2 Å². The number of benzene rings is 1. The summed E-state index contributed by atoms with van der Waals surface area (Å²) in [5, 5.41) is 0. The highest BCUT2D eigenvalue weighted by Gasteiger charge is 2.34. The fraction of sp³-hybridized carbons (Fsp3) is 0.667. The molecule has 2 rings (SSSR count). The van der Waals surface area contributed by atoms with E-state index in [9.17, 15) is 0 Å². The largest absolute Gasteiger partial charge is 0.297 e. The minimum Gasteiger partial charge on any atom is -0.297 e. The van der Waals surface area contributed by atoms with E-state index in [1.807, 2.05) is 0 Å². The van der Waals surface area contributed by atoms with Crippen LogP contribution in [0.25, 0.3) is 0 Å². The SMILES string of the molecule is CC(C)(C(CCCc1ccccc1)NN)N1CCCCC1. The zero-order valence-electron chi connectivity index (χ0n) is 13.6. The van der Waals surface area contributed by atoms with Crippen molar-refractivity contribution in [1.82, 2.24) is 10.3 Å². The summed E-state index contributed by atoms with van der Waals surface area (Å²) in [5.41, 5.74) is 4.64. The monoisotopic (exact) mass is 289 g/mol. The zero-order chi connectivity index (χ0) is 15.1. The summed E-state index contributed by atoms with van der Waals surface area (Å²) in [6, 6.07) is 11.1. The minimum atomic E-state index is 0.131. The number of rotatable bonds is 7. The van der Waals surface area contributed by atoms with Crippen molar-refractivity contribution in [2.24, 2.45) is 5.84 Å². The number of nitrogens with two attached hydrogens (primary N) is 1. The summed E-state index contributed by atoms with van der Waals surface area (Å²) in [6.45, 7) is 7.10. The number of nitrogens with zero attached hydrogens (tertiary/aromatic N) is 1. The Morgan fingerprint density at radius 1 is 1.14 bits per heavy atom. The van der Waals surface area contributed by atoms with Crippen molar-refractivity contribution in [3.8, 4) is 0 Å². The molecule has 0 aromatic heterocycles. The van der Waals surface area contributed by atoms with Crippen LogP contribution in [-0.4, -0.2) is 29.6 Å². The average Bonchev–Trinajstić information content (AvgIpc) is 2.53. The van der Waals surface area contributed by atoms with Gasteiger partial charge in [0.15, 0.2) is 0 Å². The number of likely N-dealkylation sites (tertiary alicyclic amines) is 1. The number of hydrogen-bond acceptors (Lipinski definition) is 3. The second-order valence-electron chi connectivity index (χ2n) is 6.80. The highest BCUT2D eigenvalue weighted by Crippen LogP contribution is 2.26. The molecule has 1 heterocycles. The fourth-order valence-corrected chi connectivity index (χ4v) is 3.49. The first-order valence-electron chi connectivity index (χ1n) is 8.39. The Labute approximate surface area is 129 Å². The van der Waals surface area contributed by atoms with Crippen molar-refractivity contribution in [3.63, 3.8) is 0 Å². The molecule has 1 aromatic rings. The van der Waals surface area contributed by atoms with Gasteiger partial charge < -0.3 is 0 Å². The standard InChI is InChI=1S/C18H31N3/c1-18(2,21-14-7-4-8-15-21)17(20-19)13-9-12-16-10-5-3-6-11-16/h3,5-6,10-11,17,20H,4,7-9,12-15,19H2,1-2H3. The molecule has 1 fully saturated rings. The van der Waals surface area contributed by atoms with E-state index in [1.165, 1.54) is 44.3 Å². The maximum atomic E-state index is 5.87. The van der Waals surface area contributed by atoms with Crippen LogP contribution in [0.2, 0.25) is 0 Å². The third kappa shape index (κ3) is 4.53. The Morgan fingerprint density at radius 3 is 2.43 bits per heavy atom. The summed E-state index contributed by atoms with van der Waals surface area (Å²) in [5.74, 6) is 5.87. The van der Waals surface area contributed by atoms with Gasteiger partial charge in [0, 0.05) is 11.6 Å². The van der Waals surface area contributed by atoms with Gasteiger partial charge >= 0.3 is 0 Å². The van der Waals surface area contributed by atoms with Gasteiger partial charge in [-0.2, -0.15) is 0 Å². The van der Waals surface area contributed by atoms with E-state index in [4.69, 9.17) is 5.84 Å². The second-order valence-corrected chi connectivity index (χ2v) is 6.80. The predicted octanol–water partition coefficient (Wildman–Crippen LogP) is 3.11. The Balaban J connectivity index is 1.86. The molecule has 0 bridgehead atoms. The molecule has 21 heavy (non-hydrogen) atoms. The molecule has 0 aliphatic carbocycles. The van der Waals surface area contributed by atoms with Crippen LogP contribution in [0.1, 0.15) is 51.5 Å². The third-order valence-electron chi connectivity index (χ3n) is 5.03. The minimum absolute atomic E-state index is 0.131. The molecule has 3 N–H and O–H groups in total. The van der Waals surface area contributed by atoms with Crippen molar-refractivity contribution in [3.05, 3.63) is 35.9 Å². The predicted molar refractivity (Wildman–Crippen MR) is 90.0 cm³/mol. The molecule has 1 aromatic carbocycles. The van der Waals surface area contributed by atoms with Gasteiger partial charge in [-0.15, -0.1) is 0 Å². The smallest absolute Gasteiger partial charge is 0.0389 e. The molecule has 1 atom stereocenters. The topological polar surface area (TPSA) is 41.3 Å². The van der Waals surface area contributed by atoms with Crippen molar-refractivity contribution >= 4 is 0 Å². The van der Waals surface area contributed by atoms with Crippen LogP contribution in [-0.2, 0) is 6.42 Å². The van der Waals surface area contributed by atoms with Crippen LogP contribution in [0.15, 0.2) is 30.3 Å². The van der Waals surface area contributed by atoms with Crippen molar-refractivity contribution in [1.29, 1.82) is 0 Å². The molecule has 3 nitrogen and oxygen atoms in total. The summed E-state index contributed by atoms with van der Waals surface area (Å²) in [6.07, 6.45) is 7.46. The Morgan fingerprint density at radius 2 is 1.81 bits per heavy atom. The number of hydrogen-bond donors (Lipinski definition) is 2. The fourth-order valence-electron chi connectivity index (χ4n) is 3.49. The van der Waals surface area contributed by atoms with Crippen LogP contribution in [0.5, 0.6) is 0 Å². The average molecular weight is 289 g/mol. The molecule has 0 spiro atoms. The van der Waals surface area contributed by atoms with Crippen molar-refractivity contribution in [2.45, 2.75) is 64.0 Å². The molecule has 1 saturated heterocycles. The second kappa shape index (κ2) is 7.92. The first-order chi connectivity index (χ1) is 10.1. The van der Waals surface area contributed by atoms with Gasteiger partial charge in [0.05, 0.1) is 0 Å². The Hall–Kier alpha value is -0.900. The lowest BCUT2D eigenvalue weighted by molar-refractivity contribution is 0.0576. The van der Waals surface area contributed by atoms with E-state index in [-0.39, 0.29) is 5.54 Å². The van der Waals surface area contributed by atoms with Crippen LogP contribution < -0.4 is 11.3 Å². The zero-order valence-corrected chi connectivity index (χ0v) is 13.6. The van der Waals surface area contributed by atoms with Crippen LogP contribution in [0.3, 0.4) is 0 Å². The number of piperidine rings is 1. The van der Waals surface area contributed by atoms with Gasteiger partial charge in [-0.05, 0) is 64.6 Å². The lowest BCUT2D eigenvalue weighted by atomic mass is 9.87. The molecule has 0 radical (unpaired) electrons. The van der Waals surface area contributed by atoms with Crippen molar-refractivity contribution < 1.29 is 0 Å². The quantitative estimate of drug-likeness (QED) is 0.598. The number of aryl methyl sites for hydroxylation is 1. The van der Waals surface area contributed by atoms with Crippen molar-refractivity contribution in [2.75, 3.05) is 13.1 Å². The van der Waals surface area contributed by atoms with E-state index in [2.05, 4.69) is 54.5 Å². The van der Waals surface area contributed by atoms with Gasteiger partial charge in [-0.25, -0.2) is 0 Å². The van der Waals surface area contributed by atoms with Crippen LogP contribution in [0.4, 0.5) is 0 Å². The molecule has 118 valence electrons. The Kier molecular flexibility index (Phi) is 6.22. The van der Waals surface area contributed by atoms with Gasteiger partial charge in [0.25, 0.3) is 0 Å². The third-order valence-corrected chi connectivity index (χ3v) is 5.03. The highest BCUT2D eigenvalue weighted by molar-refractivity contribution is 5.14. The highest BCUT2D eigenvalue weighted by atomic mass is 15.3. The maximum Gasteiger partial charge on any atom is 0.0389 e. The van der Waals surface area contributed by atoms with E-state index in [0.717, 1.165) is 12.8 Å². The molecular weight excluding hydrogens is 258 g/mol. The van der Waals surface area contributed by atoms with Crippen LogP contribution >= 0.6 is 0 Å². The summed E-state index contributed by atoms with van der Waals surface area (Å²) in [7, 11) is 0. The summed E-state index contributed by atoms with van der Waals surface area (Å²) >= 11 is 0. The van der Waals surface area contributed by atoms with Gasteiger partial charge in [-0.1, -0.05) is 36.8 Å². The molecule has 0 amide bonds. The van der Waals surface area contributed by atoms with Gasteiger partial charge in [0.1, 0.15) is 0 Å². The lowest BCUT2D eigenvalue weighted by Crippen LogP contribution is -2.60. The van der Waals surface area contributed by atoms with E-state index in [1.54, 1.807) is 0 Å². The van der Waals surface area contributed by atoms with Crippen LogP contribution in [0, 0.1) is 0 Å².